The van der Waals surface area contributed by atoms with E-state index in [0.717, 1.165) is 11.4 Å². The van der Waals surface area contributed by atoms with Crippen molar-refractivity contribution >= 4 is 27.7 Å². The molecule has 0 spiro atoms. The van der Waals surface area contributed by atoms with Gasteiger partial charge in [-0.05, 0) is 29.8 Å². The van der Waals surface area contributed by atoms with Gasteiger partial charge < -0.3 is 10.2 Å². The van der Waals surface area contributed by atoms with Crippen LogP contribution in [0.5, 0.6) is 0 Å². The topological polar surface area (TPSA) is 45.2 Å². The molecule has 4 nitrogen and oxygen atoms in total. The number of amides is 1. The lowest BCUT2D eigenvalue weighted by Gasteiger charge is -2.11. The van der Waals surface area contributed by atoms with Crippen LogP contribution in [-0.4, -0.2) is 25.0 Å². The number of benzene rings is 1. The number of aromatic nitrogens is 1. The van der Waals surface area contributed by atoms with Crippen LogP contribution >= 0.6 is 15.9 Å². The summed E-state index contributed by atoms with van der Waals surface area (Å²) in [6.07, 6.45) is 1.71. The van der Waals surface area contributed by atoms with Crippen LogP contribution in [0.4, 0.5) is 10.2 Å². The Hall–Kier alpha value is -1.95. The number of carbonyl (C=O) groups is 1. The number of carbonyl (C=O) groups excluding carboxylic acids is 1. The lowest BCUT2D eigenvalue weighted by Crippen LogP contribution is -2.23. The summed E-state index contributed by atoms with van der Waals surface area (Å²) in [6.45, 7) is 0.341. The van der Waals surface area contributed by atoms with Gasteiger partial charge in [0.15, 0.2) is 0 Å². The third kappa shape index (κ3) is 4.26. The molecule has 0 aliphatic heterocycles. The Morgan fingerprint density at radius 2 is 2.10 bits per heavy atom. The average Bonchev–Trinajstić information content (AvgIpc) is 2.44. The van der Waals surface area contributed by atoms with Crippen LogP contribution in [0.15, 0.2) is 41.0 Å². The lowest BCUT2D eigenvalue weighted by atomic mass is 10.2. The molecule has 0 unspecified atom stereocenters. The van der Waals surface area contributed by atoms with Gasteiger partial charge in [-0.15, -0.1) is 0 Å². The molecule has 6 heteroatoms. The molecular weight excluding hydrogens is 337 g/mol. The Morgan fingerprint density at radius 1 is 1.33 bits per heavy atom. The van der Waals surface area contributed by atoms with Gasteiger partial charge in [0, 0.05) is 36.9 Å². The maximum absolute atomic E-state index is 13.2. The van der Waals surface area contributed by atoms with E-state index >= 15 is 0 Å². The van der Waals surface area contributed by atoms with Crippen molar-refractivity contribution in [2.75, 3.05) is 19.0 Å². The molecule has 1 aromatic carbocycles. The Balaban J connectivity index is 2.00. The number of pyridine rings is 1. The van der Waals surface area contributed by atoms with Gasteiger partial charge in [0.1, 0.15) is 11.6 Å². The fourth-order valence-electron chi connectivity index (χ4n) is 1.76. The van der Waals surface area contributed by atoms with Crippen molar-refractivity contribution < 1.29 is 9.18 Å². The smallest absolute Gasteiger partial charge is 0.251 e. The Labute approximate surface area is 131 Å². The monoisotopic (exact) mass is 351 g/mol. The van der Waals surface area contributed by atoms with E-state index in [1.165, 1.54) is 12.1 Å². The number of hydrogen-bond acceptors (Lipinski definition) is 3. The Morgan fingerprint density at radius 3 is 2.67 bits per heavy atom. The maximum Gasteiger partial charge on any atom is 0.251 e. The van der Waals surface area contributed by atoms with E-state index in [9.17, 15) is 9.18 Å². The molecule has 0 aliphatic carbocycles. The van der Waals surface area contributed by atoms with E-state index in [2.05, 4.69) is 26.2 Å². The summed E-state index contributed by atoms with van der Waals surface area (Å²) < 4.78 is 13.8. The van der Waals surface area contributed by atoms with Crippen LogP contribution in [0.25, 0.3) is 0 Å². The van der Waals surface area contributed by atoms with E-state index in [-0.39, 0.29) is 11.5 Å². The van der Waals surface area contributed by atoms with Crippen molar-refractivity contribution in [2.45, 2.75) is 6.54 Å². The van der Waals surface area contributed by atoms with Gasteiger partial charge in [-0.3, -0.25) is 4.79 Å². The number of nitrogens with zero attached hydrogens (tertiary/aromatic N) is 2. The minimum Gasteiger partial charge on any atom is -0.363 e. The van der Waals surface area contributed by atoms with Crippen LogP contribution in [0.1, 0.15) is 15.9 Å². The number of nitrogens with one attached hydrogen (secondary N) is 1. The highest BCUT2D eigenvalue weighted by Gasteiger charge is 2.08. The molecule has 0 aliphatic rings. The fraction of sp³-hybridized carbons (Fsp3) is 0.200. The van der Waals surface area contributed by atoms with Crippen molar-refractivity contribution in [1.29, 1.82) is 0 Å². The molecule has 21 heavy (non-hydrogen) atoms. The molecule has 0 radical (unpaired) electrons. The van der Waals surface area contributed by atoms with E-state index in [1.807, 2.05) is 31.1 Å². The molecule has 1 amide bonds. The van der Waals surface area contributed by atoms with E-state index in [1.54, 1.807) is 12.3 Å². The first-order valence-electron chi connectivity index (χ1n) is 6.32. The summed E-state index contributed by atoms with van der Waals surface area (Å²) in [7, 11) is 3.82. The van der Waals surface area contributed by atoms with Gasteiger partial charge in [-0.2, -0.15) is 0 Å². The van der Waals surface area contributed by atoms with E-state index in [4.69, 9.17) is 0 Å². The minimum atomic E-state index is -0.452. The Kier molecular flexibility index (Phi) is 4.90. The minimum absolute atomic E-state index is 0.278. The Bertz CT molecular complexity index is 624. The highest BCUT2D eigenvalue weighted by molar-refractivity contribution is 9.10. The van der Waals surface area contributed by atoms with Gasteiger partial charge in [0.05, 0.1) is 0 Å². The van der Waals surface area contributed by atoms with Crippen molar-refractivity contribution in [3.63, 3.8) is 0 Å². The number of halogens is 2. The summed E-state index contributed by atoms with van der Waals surface area (Å²) in [5, 5.41) is 2.74. The molecule has 110 valence electrons. The second-order valence-corrected chi connectivity index (χ2v) is 5.68. The largest absolute Gasteiger partial charge is 0.363 e. The third-order valence-corrected chi connectivity index (χ3v) is 3.30. The fourth-order valence-corrected chi connectivity index (χ4v) is 2.22. The predicted molar refractivity (Wildman–Crippen MR) is 83.8 cm³/mol. The second-order valence-electron chi connectivity index (χ2n) is 4.76. The molecule has 1 heterocycles. The van der Waals surface area contributed by atoms with Crippen LogP contribution in [0.2, 0.25) is 0 Å². The highest BCUT2D eigenvalue weighted by Crippen LogP contribution is 2.15. The van der Waals surface area contributed by atoms with E-state index < -0.39 is 5.82 Å². The van der Waals surface area contributed by atoms with Crippen LogP contribution in [0, 0.1) is 5.82 Å². The SMILES string of the molecule is CN(C)c1ccc(CNC(=O)c2cc(F)cc(Br)c2)cn1. The van der Waals surface area contributed by atoms with Crippen molar-refractivity contribution in [3.8, 4) is 0 Å². The van der Waals surface area contributed by atoms with Gasteiger partial charge in [-0.1, -0.05) is 22.0 Å². The highest BCUT2D eigenvalue weighted by atomic mass is 79.9. The standard InChI is InChI=1S/C15H15BrFN3O/c1-20(2)14-4-3-10(8-18-14)9-19-15(21)11-5-12(16)7-13(17)6-11/h3-8H,9H2,1-2H3,(H,19,21). The molecule has 0 fully saturated rings. The molecule has 1 N–H and O–H groups in total. The van der Waals surface area contributed by atoms with Gasteiger partial charge in [-0.25, -0.2) is 9.37 Å². The molecule has 2 rings (SSSR count). The maximum atomic E-state index is 13.2. The zero-order valence-electron chi connectivity index (χ0n) is 11.7. The predicted octanol–water partition coefficient (Wildman–Crippen LogP) is 2.98. The van der Waals surface area contributed by atoms with Gasteiger partial charge in [0.25, 0.3) is 5.91 Å². The van der Waals surface area contributed by atoms with Crippen molar-refractivity contribution in [2.24, 2.45) is 0 Å². The van der Waals surface area contributed by atoms with Gasteiger partial charge in [0.2, 0.25) is 0 Å². The first-order chi connectivity index (χ1) is 9.95. The molecule has 0 saturated carbocycles. The van der Waals surface area contributed by atoms with Gasteiger partial charge >= 0.3 is 0 Å². The normalized spacial score (nSPS) is 10.3. The quantitative estimate of drug-likeness (QED) is 0.920. The number of anilines is 1. The van der Waals surface area contributed by atoms with Crippen molar-refractivity contribution in [3.05, 3.63) is 57.9 Å². The molecule has 1 aromatic heterocycles. The first-order valence-corrected chi connectivity index (χ1v) is 7.11. The van der Waals surface area contributed by atoms with Crippen molar-refractivity contribution in [1.82, 2.24) is 10.3 Å². The number of hydrogen-bond donors (Lipinski definition) is 1. The molecule has 0 bridgehead atoms. The summed E-state index contributed by atoms with van der Waals surface area (Å²) in [6, 6.07) is 7.85. The number of rotatable bonds is 4. The molecule has 0 atom stereocenters. The summed E-state index contributed by atoms with van der Waals surface area (Å²) >= 11 is 3.16. The zero-order chi connectivity index (χ0) is 15.4. The van der Waals surface area contributed by atoms with Crippen LogP contribution in [0.3, 0.4) is 0 Å². The van der Waals surface area contributed by atoms with E-state index in [0.29, 0.717) is 11.0 Å². The summed E-state index contributed by atoms with van der Waals surface area (Å²) in [4.78, 5) is 18.1. The molecular formula is C15H15BrFN3O. The average molecular weight is 352 g/mol. The van der Waals surface area contributed by atoms with Crippen LogP contribution in [-0.2, 0) is 6.54 Å². The third-order valence-electron chi connectivity index (χ3n) is 2.85. The zero-order valence-corrected chi connectivity index (χ0v) is 13.3. The summed E-state index contributed by atoms with van der Waals surface area (Å²) in [5.41, 5.74) is 1.16. The second kappa shape index (κ2) is 6.67. The first kappa shape index (κ1) is 15.4. The van der Waals surface area contributed by atoms with Crippen LogP contribution < -0.4 is 10.2 Å². The summed E-state index contributed by atoms with van der Waals surface area (Å²) in [5.74, 6) is 0.0672. The molecule has 2 aromatic rings. The lowest BCUT2D eigenvalue weighted by molar-refractivity contribution is 0.0950. The molecule has 0 saturated heterocycles.